The van der Waals surface area contributed by atoms with Crippen LogP contribution in [0.2, 0.25) is 0 Å². The third kappa shape index (κ3) is 3.18. The zero-order valence-corrected chi connectivity index (χ0v) is 10.0. The normalized spacial score (nSPS) is 36.8. The summed E-state index contributed by atoms with van der Waals surface area (Å²) in [6, 6.07) is 0. The third-order valence-electron chi connectivity index (χ3n) is 4.05. The SMILES string of the molecule is CC1CCCC(CN)(OCCC2CC2)C1. The molecule has 2 N–H and O–H groups in total. The largest absolute Gasteiger partial charge is 0.374 e. The zero-order valence-electron chi connectivity index (χ0n) is 10.0. The molecule has 2 fully saturated rings. The zero-order chi connectivity index (χ0) is 10.7. The number of hydrogen-bond acceptors (Lipinski definition) is 2. The summed E-state index contributed by atoms with van der Waals surface area (Å²) in [7, 11) is 0. The lowest BCUT2D eigenvalue weighted by molar-refractivity contribution is -0.0760. The summed E-state index contributed by atoms with van der Waals surface area (Å²) in [4.78, 5) is 0. The van der Waals surface area contributed by atoms with Crippen molar-refractivity contribution in [2.75, 3.05) is 13.2 Å². The Morgan fingerprint density at radius 3 is 2.73 bits per heavy atom. The molecule has 0 aliphatic heterocycles. The predicted molar refractivity (Wildman–Crippen MR) is 62.7 cm³/mol. The maximum absolute atomic E-state index is 6.12. The highest BCUT2D eigenvalue weighted by Crippen LogP contribution is 2.36. The van der Waals surface area contributed by atoms with Crippen LogP contribution < -0.4 is 5.73 Å². The second kappa shape index (κ2) is 4.84. The number of ether oxygens (including phenoxy) is 1. The first-order chi connectivity index (χ1) is 7.24. The van der Waals surface area contributed by atoms with Gasteiger partial charge in [0.15, 0.2) is 0 Å². The molecule has 0 saturated heterocycles. The summed E-state index contributed by atoms with van der Waals surface area (Å²) in [5.41, 5.74) is 5.94. The molecule has 2 unspecified atom stereocenters. The van der Waals surface area contributed by atoms with Crippen molar-refractivity contribution in [3.8, 4) is 0 Å². The van der Waals surface area contributed by atoms with E-state index in [1.807, 2.05) is 0 Å². The van der Waals surface area contributed by atoms with E-state index in [-0.39, 0.29) is 5.60 Å². The summed E-state index contributed by atoms with van der Waals surface area (Å²) >= 11 is 0. The van der Waals surface area contributed by atoms with Crippen molar-refractivity contribution in [2.45, 2.75) is 57.5 Å². The molecule has 2 heteroatoms. The maximum Gasteiger partial charge on any atom is 0.0806 e. The molecular weight excluding hydrogens is 186 g/mol. The van der Waals surface area contributed by atoms with Gasteiger partial charge in [0.2, 0.25) is 0 Å². The van der Waals surface area contributed by atoms with Crippen LogP contribution in [0.1, 0.15) is 51.9 Å². The second-order valence-electron chi connectivity index (χ2n) is 5.67. The smallest absolute Gasteiger partial charge is 0.0806 e. The highest BCUT2D eigenvalue weighted by atomic mass is 16.5. The predicted octanol–water partition coefficient (Wildman–Crippen LogP) is 2.71. The molecular formula is C13H25NO. The van der Waals surface area contributed by atoms with E-state index in [0.717, 1.165) is 18.4 Å². The lowest BCUT2D eigenvalue weighted by Gasteiger charge is -2.39. The molecule has 0 heterocycles. The molecule has 0 spiro atoms. The Balaban J connectivity index is 1.77. The first-order valence-corrected chi connectivity index (χ1v) is 6.58. The molecule has 0 aromatic rings. The lowest BCUT2D eigenvalue weighted by atomic mass is 9.79. The number of nitrogens with two attached hydrogens (primary N) is 1. The number of hydrogen-bond donors (Lipinski definition) is 1. The van der Waals surface area contributed by atoms with E-state index >= 15 is 0 Å². The minimum absolute atomic E-state index is 0.0343. The molecule has 2 nitrogen and oxygen atoms in total. The Hall–Kier alpha value is -0.0800. The lowest BCUT2D eigenvalue weighted by Crippen LogP contribution is -2.44. The molecule has 2 aliphatic carbocycles. The topological polar surface area (TPSA) is 35.2 Å². The summed E-state index contributed by atoms with van der Waals surface area (Å²) in [6.07, 6.45) is 9.11. The molecule has 2 atom stereocenters. The van der Waals surface area contributed by atoms with Gasteiger partial charge < -0.3 is 10.5 Å². The summed E-state index contributed by atoms with van der Waals surface area (Å²) in [5, 5.41) is 0. The van der Waals surface area contributed by atoms with Gasteiger partial charge in [0.1, 0.15) is 0 Å². The van der Waals surface area contributed by atoms with E-state index in [1.54, 1.807) is 0 Å². The van der Waals surface area contributed by atoms with Gasteiger partial charge in [0.25, 0.3) is 0 Å². The van der Waals surface area contributed by atoms with Gasteiger partial charge in [0, 0.05) is 13.2 Å². The van der Waals surface area contributed by atoms with Gasteiger partial charge in [-0.3, -0.25) is 0 Å². The summed E-state index contributed by atoms with van der Waals surface area (Å²) in [5.74, 6) is 1.77. The van der Waals surface area contributed by atoms with Gasteiger partial charge in [-0.1, -0.05) is 32.6 Å². The minimum Gasteiger partial charge on any atom is -0.374 e. The molecule has 15 heavy (non-hydrogen) atoms. The van der Waals surface area contributed by atoms with E-state index in [9.17, 15) is 0 Å². The van der Waals surface area contributed by atoms with Crippen LogP contribution in [0.15, 0.2) is 0 Å². The van der Waals surface area contributed by atoms with Crippen LogP contribution in [-0.4, -0.2) is 18.8 Å². The van der Waals surface area contributed by atoms with Crippen LogP contribution >= 0.6 is 0 Å². The van der Waals surface area contributed by atoms with Crippen molar-refractivity contribution in [1.29, 1.82) is 0 Å². The fourth-order valence-electron chi connectivity index (χ4n) is 2.84. The Labute approximate surface area is 93.6 Å². The third-order valence-corrected chi connectivity index (χ3v) is 4.05. The monoisotopic (exact) mass is 211 g/mol. The molecule has 2 aliphatic rings. The van der Waals surface area contributed by atoms with Gasteiger partial charge in [-0.2, -0.15) is 0 Å². The van der Waals surface area contributed by atoms with Gasteiger partial charge in [-0.15, -0.1) is 0 Å². The van der Waals surface area contributed by atoms with Crippen LogP contribution in [-0.2, 0) is 4.74 Å². The van der Waals surface area contributed by atoms with Crippen LogP contribution in [0, 0.1) is 11.8 Å². The first-order valence-electron chi connectivity index (χ1n) is 6.58. The highest BCUT2D eigenvalue weighted by Gasteiger charge is 2.35. The second-order valence-corrected chi connectivity index (χ2v) is 5.67. The molecule has 0 amide bonds. The Bertz CT molecular complexity index is 203. The van der Waals surface area contributed by atoms with E-state index in [0.29, 0.717) is 6.54 Å². The Morgan fingerprint density at radius 1 is 1.33 bits per heavy atom. The van der Waals surface area contributed by atoms with Crippen molar-refractivity contribution in [1.82, 2.24) is 0 Å². The van der Waals surface area contributed by atoms with Crippen molar-refractivity contribution in [2.24, 2.45) is 17.6 Å². The fourth-order valence-corrected chi connectivity index (χ4v) is 2.84. The molecule has 0 aromatic heterocycles. The average molecular weight is 211 g/mol. The van der Waals surface area contributed by atoms with Gasteiger partial charge in [0.05, 0.1) is 5.60 Å². The standard InChI is InChI=1S/C13H25NO/c1-11-3-2-7-13(9-11,10-14)15-8-6-12-4-5-12/h11-12H,2-10,14H2,1H3. The van der Waals surface area contributed by atoms with Crippen molar-refractivity contribution in [3.63, 3.8) is 0 Å². The molecule has 2 rings (SSSR count). The van der Waals surface area contributed by atoms with Crippen LogP contribution in [0.25, 0.3) is 0 Å². The van der Waals surface area contributed by atoms with Crippen molar-refractivity contribution in [3.05, 3.63) is 0 Å². The van der Waals surface area contributed by atoms with Gasteiger partial charge >= 0.3 is 0 Å². The van der Waals surface area contributed by atoms with E-state index in [1.165, 1.54) is 44.9 Å². The molecule has 0 bridgehead atoms. The minimum atomic E-state index is 0.0343. The molecule has 2 saturated carbocycles. The van der Waals surface area contributed by atoms with Crippen LogP contribution in [0.5, 0.6) is 0 Å². The average Bonchev–Trinajstić information content (AvgIpc) is 3.02. The Morgan fingerprint density at radius 2 is 2.13 bits per heavy atom. The van der Waals surface area contributed by atoms with E-state index < -0.39 is 0 Å². The quantitative estimate of drug-likeness (QED) is 0.759. The summed E-state index contributed by atoms with van der Waals surface area (Å²) in [6.45, 7) is 3.98. The van der Waals surface area contributed by atoms with Gasteiger partial charge in [-0.25, -0.2) is 0 Å². The molecule has 0 aromatic carbocycles. The van der Waals surface area contributed by atoms with E-state index in [4.69, 9.17) is 10.5 Å². The highest BCUT2D eigenvalue weighted by molar-refractivity contribution is 4.88. The van der Waals surface area contributed by atoms with Crippen LogP contribution in [0.4, 0.5) is 0 Å². The molecule has 88 valence electrons. The summed E-state index contributed by atoms with van der Waals surface area (Å²) < 4.78 is 6.12. The van der Waals surface area contributed by atoms with Gasteiger partial charge in [-0.05, 0) is 31.1 Å². The number of rotatable bonds is 5. The van der Waals surface area contributed by atoms with E-state index in [2.05, 4.69) is 6.92 Å². The van der Waals surface area contributed by atoms with Crippen molar-refractivity contribution < 1.29 is 4.74 Å². The first kappa shape index (κ1) is 11.4. The fraction of sp³-hybridized carbons (Fsp3) is 1.00. The molecule has 0 radical (unpaired) electrons. The Kier molecular flexibility index (Phi) is 3.68. The maximum atomic E-state index is 6.12. The van der Waals surface area contributed by atoms with Crippen molar-refractivity contribution >= 4 is 0 Å². The van der Waals surface area contributed by atoms with Crippen LogP contribution in [0.3, 0.4) is 0 Å².